The van der Waals surface area contributed by atoms with Crippen LogP contribution in [0.3, 0.4) is 0 Å². The molecule has 0 radical (unpaired) electrons. The number of hydrogen-bond donors (Lipinski definition) is 0. The van der Waals surface area contributed by atoms with Crippen LogP contribution < -0.4 is 0 Å². The van der Waals surface area contributed by atoms with Crippen molar-refractivity contribution in [3.8, 4) is 11.3 Å². The summed E-state index contributed by atoms with van der Waals surface area (Å²) >= 11 is 0. The van der Waals surface area contributed by atoms with Crippen molar-refractivity contribution in [3.05, 3.63) is 83.9 Å². The molecule has 1 heterocycles. The molecule has 0 atom stereocenters. The summed E-state index contributed by atoms with van der Waals surface area (Å²) in [6, 6.07) is 26.1. The van der Waals surface area contributed by atoms with Gasteiger partial charge in [0.1, 0.15) is 0 Å². The quantitative estimate of drug-likeness (QED) is 0.320. The first-order chi connectivity index (χ1) is 13.9. The number of hydrogen-bond acceptors (Lipinski definition) is 2. The third kappa shape index (κ3) is 2.34. The normalized spacial score (nSPS) is 13.9. The van der Waals surface area contributed by atoms with E-state index in [1.807, 2.05) is 12.1 Å². The van der Waals surface area contributed by atoms with Crippen molar-refractivity contribution in [1.82, 2.24) is 10.2 Å². The number of aryl methyl sites for hydroxylation is 2. The molecule has 0 saturated carbocycles. The van der Waals surface area contributed by atoms with E-state index in [0.717, 1.165) is 23.0 Å². The van der Waals surface area contributed by atoms with Gasteiger partial charge in [0, 0.05) is 10.9 Å². The van der Waals surface area contributed by atoms with Gasteiger partial charge in [0.05, 0.1) is 11.2 Å². The molecule has 0 bridgehead atoms. The molecule has 5 aromatic rings. The summed E-state index contributed by atoms with van der Waals surface area (Å²) in [5, 5.41) is 15.6. The minimum atomic E-state index is 0.943. The lowest BCUT2D eigenvalue weighted by molar-refractivity contribution is 0.690. The molecule has 1 aliphatic carbocycles. The molecule has 1 aliphatic rings. The minimum absolute atomic E-state index is 0.943. The molecular formula is C26H20N2. The number of fused-ring (bicyclic) bond motifs is 6. The fourth-order valence-corrected chi connectivity index (χ4v) is 4.77. The summed E-state index contributed by atoms with van der Waals surface area (Å²) in [6.45, 7) is 0. The van der Waals surface area contributed by atoms with E-state index in [-0.39, 0.29) is 0 Å². The summed E-state index contributed by atoms with van der Waals surface area (Å²) in [5.74, 6) is 0. The topological polar surface area (TPSA) is 25.8 Å². The molecule has 0 unspecified atom stereocenters. The van der Waals surface area contributed by atoms with Gasteiger partial charge in [-0.1, -0.05) is 54.6 Å². The fraction of sp³-hybridized carbons (Fsp3) is 0.154. The van der Waals surface area contributed by atoms with Gasteiger partial charge in [0.2, 0.25) is 0 Å². The largest absolute Gasteiger partial charge is 0.150 e. The standard InChI is InChI=1S/C26H20N2/c1-5-11-21-17(7-1)13-14-22-20-10-4-2-8-18(20)15-23(26(21)22)25-16-19-9-3-6-12-24(19)27-28-25/h2-4,6,8-10,12-16H,1,5,7,11H2. The van der Waals surface area contributed by atoms with Crippen molar-refractivity contribution in [2.24, 2.45) is 0 Å². The molecule has 6 rings (SSSR count). The van der Waals surface area contributed by atoms with Crippen LogP contribution in [0.2, 0.25) is 0 Å². The molecule has 134 valence electrons. The Morgan fingerprint density at radius 1 is 0.643 bits per heavy atom. The lowest BCUT2D eigenvalue weighted by Crippen LogP contribution is -2.04. The molecule has 28 heavy (non-hydrogen) atoms. The van der Waals surface area contributed by atoms with Gasteiger partial charge in [-0.2, -0.15) is 0 Å². The zero-order valence-electron chi connectivity index (χ0n) is 15.7. The number of benzene rings is 4. The molecule has 0 fully saturated rings. The number of rotatable bonds is 1. The third-order valence-corrected chi connectivity index (χ3v) is 6.12. The number of nitrogens with zero attached hydrogens (tertiary/aromatic N) is 2. The lowest BCUT2D eigenvalue weighted by Gasteiger charge is -2.21. The fourth-order valence-electron chi connectivity index (χ4n) is 4.77. The van der Waals surface area contributed by atoms with Crippen LogP contribution in [0.1, 0.15) is 24.0 Å². The second-order valence-electron chi connectivity index (χ2n) is 7.77. The van der Waals surface area contributed by atoms with Crippen LogP contribution >= 0.6 is 0 Å². The summed E-state index contributed by atoms with van der Waals surface area (Å²) in [4.78, 5) is 0. The first-order valence-electron chi connectivity index (χ1n) is 10.1. The SMILES string of the molecule is c1ccc2nnc(-c3cc4ccccc4c4ccc5c(c34)CCCC5)cc2c1. The van der Waals surface area contributed by atoms with Crippen LogP contribution in [0.5, 0.6) is 0 Å². The van der Waals surface area contributed by atoms with Crippen molar-refractivity contribution in [2.45, 2.75) is 25.7 Å². The molecule has 2 nitrogen and oxygen atoms in total. The molecule has 0 N–H and O–H groups in total. The van der Waals surface area contributed by atoms with Crippen LogP contribution in [0.15, 0.2) is 72.8 Å². The molecule has 0 aliphatic heterocycles. The van der Waals surface area contributed by atoms with E-state index in [2.05, 4.69) is 70.9 Å². The first kappa shape index (κ1) is 15.8. The minimum Gasteiger partial charge on any atom is -0.150 e. The van der Waals surface area contributed by atoms with Crippen LogP contribution in [0.25, 0.3) is 43.7 Å². The van der Waals surface area contributed by atoms with Gasteiger partial charge in [-0.3, -0.25) is 0 Å². The zero-order chi connectivity index (χ0) is 18.5. The summed E-state index contributed by atoms with van der Waals surface area (Å²) < 4.78 is 0. The van der Waals surface area contributed by atoms with Gasteiger partial charge >= 0.3 is 0 Å². The van der Waals surface area contributed by atoms with E-state index in [1.165, 1.54) is 57.5 Å². The van der Waals surface area contributed by atoms with Crippen molar-refractivity contribution in [1.29, 1.82) is 0 Å². The van der Waals surface area contributed by atoms with E-state index < -0.39 is 0 Å². The Morgan fingerprint density at radius 2 is 1.46 bits per heavy atom. The highest BCUT2D eigenvalue weighted by atomic mass is 15.1. The van der Waals surface area contributed by atoms with Crippen molar-refractivity contribution in [2.75, 3.05) is 0 Å². The van der Waals surface area contributed by atoms with Crippen LogP contribution in [-0.2, 0) is 12.8 Å². The number of aromatic nitrogens is 2. The Kier molecular flexibility index (Phi) is 3.45. The van der Waals surface area contributed by atoms with Gasteiger partial charge in [-0.05, 0) is 76.6 Å². The van der Waals surface area contributed by atoms with Crippen LogP contribution in [0.4, 0.5) is 0 Å². The predicted octanol–water partition coefficient (Wildman–Crippen LogP) is 6.48. The smallest absolute Gasteiger partial charge is 0.0942 e. The van der Waals surface area contributed by atoms with E-state index in [9.17, 15) is 0 Å². The molecular weight excluding hydrogens is 340 g/mol. The van der Waals surface area contributed by atoms with Gasteiger partial charge in [-0.25, -0.2) is 0 Å². The highest BCUT2D eigenvalue weighted by Gasteiger charge is 2.18. The molecule has 0 spiro atoms. The maximum atomic E-state index is 4.63. The van der Waals surface area contributed by atoms with Crippen LogP contribution in [-0.4, -0.2) is 10.2 Å². The Labute approximate surface area is 163 Å². The monoisotopic (exact) mass is 360 g/mol. The molecule has 0 saturated heterocycles. The van der Waals surface area contributed by atoms with Gasteiger partial charge < -0.3 is 0 Å². The summed E-state index contributed by atoms with van der Waals surface area (Å²) in [7, 11) is 0. The molecule has 1 aromatic heterocycles. The highest BCUT2D eigenvalue weighted by molar-refractivity contribution is 6.15. The van der Waals surface area contributed by atoms with Crippen molar-refractivity contribution in [3.63, 3.8) is 0 Å². The Hall–Kier alpha value is -3.26. The molecule has 0 amide bonds. The first-order valence-corrected chi connectivity index (χ1v) is 10.1. The Bertz CT molecular complexity index is 1370. The maximum Gasteiger partial charge on any atom is 0.0942 e. The average molecular weight is 360 g/mol. The van der Waals surface area contributed by atoms with E-state index in [4.69, 9.17) is 0 Å². The molecule has 2 heteroatoms. The summed E-state index contributed by atoms with van der Waals surface area (Å²) in [6.07, 6.45) is 4.89. The van der Waals surface area contributed by atoms with Crippen LogP contribution in [0, 0.1) is 0 Å². The molecule has 4 aromatic carbocycles. The zero-order valence-corrected chi connectivity index (χ0v) is 15.7. The van der Waals surface area contributed by atoms with Gasteiger partial charge in [-0.15, -0.1) is 10.2 Å². The lowest BCUT2D eigenvalue weighted by atomic mass is 9.84. The highest BCUT2D eigenvalue weighted by Crippen LogP contribution is 2.39. The second-order valence-corrected chi connectivity index (χ2v) is 7.77. The Balaban J connectivity index is 1.76. The Morgan fingerprint density at radius 3 is 2.43 bits per heavy atom. The van der Waals surface area contributed by atoms with Gasteiger partial charge in [0.15, 0.2) is 0 Å². The van der Waals surface area contributed by atoms with Crippen molar-refractivity contribution >= 4 is 32.4 Å². The van der Waals surface area contributed by atoms with Gasteiger partial charge in [0.25, 0.3) is 0 Å². The third-order valence-electron chi connectivity index (χ3n) is 6.12. The second kappa shape index (κ2) is 6.13. The van der Waals surface area contributed by atoms with E-state index >= 15 is 0 Å². The van der Waals surface area contributed by atoms with Crippen molar-refractivity contribution < 1.29 is 0 Å². The van der Waals surface area contributed by atoms with E-state index in [0.29, 0.717) is 0 Å². The predicted molar refractivity (Wildman–Crippen MR) is 117 cm³/mol. The van der Waals surface area contributed by atoms with E-state index in [1.54, 1.807) is 0 Å². The average Bonchev–Trinajstić information content (AvgIpc) is 2.78. The summed E-state index contributed by atoms with van der Waals surface area (Å²) in [5.41, 5.74) is 6.14. The maximum absolute atomic E-state index is 4.63.